The summed E-state index contributed by atoms with van der Waals surface area (Å²) in [5.74, 6) is 0.0159. The smallest absolute Gasteiger partial charge is 0.416 e. The van der Waals surface area contributed by atoms with Crippen LogP contribution in [0, 0.1) is 5.41 Å². The predicted molar refractivity (Wildman–Crippen MR) is 132 cm³/mol. The lowest BCUT2D eigenvalue weighted by Gasteiger charge is -2.16. The molecule has 4 aromatic rings. The SMILES string of the molecule is COc1cc(-n2nccc2OC(F)F)ccc1-n1ccc(=O)c(/C(=C/C=N)Nc2cccc(C(F)(F)F)c2)n1. The predicted octanol–water partition coefficient (Wildman–Crippen LogP) is 5.15. The second kappa shape index (κ2) is 11.2. The number of rotatable bonds is 9. The van der Waals surface area contributed by atoms with Gasteiger partial charge in [0.25, 0.3) is 0 Å². The summed E-state index contributed by atoms with van der Waals surface area (Å²) in [6.45, 7) is -3.06. The molecule has 0 saturated heterocycles. The van der Waals surface area contributed by atoms with Crippen molar-refractivity contribution in [1.29, 1.82) is 5.41 Å². The van der Waals surface area contributed by atoms with Gasteiger partial charge in [0.1, 0.15) is 11.4 Å². The van der Waals surface area contributed by atoms with Crippen LogP contribution in [0.2, 0.25) is 0 Å². The highest BCUT2D eigenvalue weighted by Gasteiger charge is 2.30. The third-order valence-electron chi connectivity index (χ3n) is 5.25. The molecule has 202 valence electrons. The zero-order valence-corrected chi connectivity index (χ0v) is 20.0. The van der Waals surface area contributed by atoms with Gasteiger partial charge in [0.05, 0.1) is 30.3 Å². The average Bonchev–Trinajstić information content (AvgIpc) is 3.35. The van der Waals surface area contributed by atoms with Crippen LogP contribution in [-0.4, -0.2) is 39.5 Å². The molecule has 0 bridgehead atoms. The summed E-state index contributed by atoms with van der Waals surface area (Å²) in [6, 6.07) is 11.3. The van der Waals surface area contributed by atoms with Crippen LogP contribution in [0.3, 0.4) is 0 Å². The van der Waals surface area contributed by atoms with Crippen molar-refractivity contribution in [2.45, 2.75) is 12.8 Å². The zero-order valence-electron chi connectivity index (χ0n) is 20.0. The van der Waals surface area contributed by atoms with Gasteiger partial charge in [-0.2, -0.15) is 32.1 Å². The minimum atomic E-state index is -4.58. The van der Waals surface area contributed by atoms with E-state index >= 15 is 0 Å². The second-order valence-corrected chi connectivity index (χ2v) is 7.74. The first-order chi connectivity index (χ1) is 18.6. The average molecular weight is 546 g/mol. The van der Waals surface area contributed by atoms with E-state index in [-0.39, 0.29) is 28.7 Å². The third kappa shape index (κ3) is 6.11. The van der Waals surface area contributed by atoms with Crippen LogP contribution < -0.4 is 20.2 Å². The normalized spacial score (nSPS) is 11.9. The fourth-order valence-corrected chi connectivity index (χ4v) is 3.57. The number of nitrogens with zero attached hydrogens (tertiary/aromatic N) is 4. The number of alkyl halides is 5. The summed E-state index contributed by atoms with van der Waals surface area (Å²) in [4.78, 5) is 12.7. The minimum absolute atomic E-state index is 0.0235. The Balaban J connectivity index is 1.72. The van der Waals surface area contributed by atoms with Gasteiger partial charge in [0.15, 0.2) is 5.69 Å². The molecule has 0 spiro atoms. The molecule has 2 aromatic carbocycles. The van der Waals surface area contributed by atoms with Gasteiger partial charge < -0.3 is 20.2 Å². The lowest BCUT2D eigenvalue weighted by molar-refractivity contribution is -0.137. The van der Waals surface area contributed by atoms with Gasteiger partial charge in [-0.3, -0.25) is 4.79 Å². The summed E-state index contributed by atoms with van der Waals surface area (Å²) in [5, 5.41) is 18.5. The van der Waals surface area contributed by atoms with Crippen molar-refractivity contribution in [3.05, 3.63) is 94.5 Å². The van der Waals surface area contributed by atoms with E-state index < -0.39 is 23.8 Å². The van der Waals surface area contributed by atoms with Crippen molar-refractivity contribution < 1.29 is 31.4 Å². The summed E-state index contributed by atoms with van der Waals surface area (Å²) in [5.41, 5.74) is -0.997. The van der Waals surface area contributed by atoms with Gasteiger partial charge >= 0.3 is 12.8 Å². The number of aromatic nitrogens is 4. The Morgan fingerprint density at radius 1 is 1.13 bits per heavy atom. The second-order valence-electron chi connectivity index (χ2n) is 7.74. The number of hydrogen-bond donors (Lipinski definition) is 2. The first-order valence-electron chi connectivity index (χ1n) is 11.0. The Bertz CT molecular complexity index is 1580. The molecule has 9 nitrogen and oxygen atoms in total. The van der Waals surface area contributed by atoms with Crippen LogP contribution in [0.25, 0.3) is 17.1 Å². The zero-order chi connectivity index (χ0) is 28.2. The Kier molecular flexibility index (Phi) is 7.74. The van der Waals surface area contributed by atoms with E-state index in [0.717, 1.165) is 23.0 Å². The van der Waals surface area contributed by atoms with Crippen LogP contribution in [0.1, 0.15) is 11.3 Å². The highest BCUT2D eigenvalue weighted by molar-refractivity contribution is 5.87. The fraction of sp³-hybridized carbons (Fsp3) is 0.120. The maximum Gasteiger partial charge on any atom is 0.416 e. The van der Waals surface area contributed by atoms with Crippen LogP contribution in [0.4, 0.5) is 27.6 Å². The summed E-state index contributed by atoms with van der Waals surface area (Å²) >= 11 is 0. The van der Waals surface area contributed by atoms with Crippen molar-refractivity contribution in [3.8, 4) is 23.0 Å². The largest absolute Gasteiger partial charge is 0.494 e. The van der Waals surface area contributed by atoms with Gasteiger partial charge in [0, 0.05) is 36.3 Å². The van der Waals surface area contributed by atoms with E-state index in [9.17, 15) is 26.7 Å². The molecule has 14 heteroatoms. The molecular formula is C25H19F5N6O3. The summed E-state index contributed by atoms with van der Waals surface area (Å²) in [6.07, 6.45) is 0.0764. The van der Waals surface area contributed by atoms with E-state index in [4.69, 9.17) is 10.1 Å². The van der Waals surface area contributed by atoms with Crippen molar-refractivity contribution in [3.63, 3.8) is 0 Å². The number of benzene rings is 2. The molecule has 2 N–H and O–H groups in total. The number of halogens is 5. The van der Waals surface area contributed by atoms with E-state index in [2.05, 4.69) is 20.3 Å². The quantitative estimate of drug-likeness (QED) is 0.222. The number of ether oxygens (including phenoxy) is 2. The van der Waals surface area contributed by atoms with E-state index in [0.29, 0.717) is 11.4 Å². The molecule has 2 heterocycles. The summed E-state index contributed by atoms with van der Waals surface area (Å²) in [7, 11) is 1.36. The van der Waals surface area contributed by atoms with E-state index in [1.807, 2.05) is 0 Å². The fourth-order valence-electron chi connectivity index (χ4n) is 3.57. The molecule has 2 aromatic heterocycles. The number of hydrogen-bond acceptors (Lipinski definition) is 7. The first kappa shape index (κ1) is 27.0. The number of methoxy groups -OCH3 is 1. The van der Waals surface area contributed by atoms with Gasteiger partial charge in [0.2, 0.25) is 11.3 Å². The standard InChI is InChI=1S/C25H19F5N6O3/c1-38-21-14-17(36-22(8-11-32-36)39-24(26)27)5-6-19(21)35-12-9-20(37)23(34-35)18(7-10-31)33-16-4-2-3-15(13-16)25(28,29)30/h2-14,24,31,33H,1H3/b18-7-,31-10?. The molecule has 0 unspecified atom stereocenters. The molecule has 4 rings (SSSR count). The van der Waals surface area contributed by atoms with Crippen LogP contribution in [-0.2, 0) is 6.18 Å². The maximum absolute atomic E-state index is 13.1. The molecular weight excluding hydrogens is 527 g/mol. The van der Waals surface area contributed by atoms with Crippen molar-refractivity contribution >= 4 is 17.6 Å². The molecule has 39 heavy (non-hydrogen) atoms. The Morgan fingerprint density at radius 3 is 2.62 bits per heavy atom. The van der Waals surface area contributed by atoms with Gasteiger partial charge in [-0.05, 0) is 36.4 Å². The minimum Gasteiger partial charge on any atom is -0.494 e. The van der Waals surface area contributed by atoms with Gasteiger partial charge in [-0.1, -0.05) is 6.07 Å². The molecule has 0 fully saturated rings. The number of anilines is 1. The van der Waals surface area contributed by atoms with Crippen LogP contribution in [0.5, 0.6) is 11.6 Å². The highest BCUT2D eigenvalue weighted by Crippen LogP contribution is 2.32. The van der Waals surface area contributed by atoms with Crippen molar-refractivity contribution in [1.82, 2.24) is 19.6 Å². The Labute approximate surface area is 217 Å². The van der Waals surface area contributed by atoms with Crippen molar-refractivity contribution in [2.75, 3.05) is 12.4 Å². The van der Waals surface area contributed by atoms with Crippen LogP contribution >= 0.6 is 0 Å². The van der Waals surface area contributed by atoms with Crippen LogP contribution in [0.15, 0.2) is 77.9 Å². The Hall–Kier alpha value is -5.01. The maximum atomic E-state index is 13.1. The lowest BCUT2D eigenvalue weighted by atomic mass is 10.1. The molecule has 0 atom stereocenters. The first-order valence-corrected chi connectivity index (χ1v) is 11.0. The molecule has 0 radical (unpaired) electrons. The monoisotopic (exact) mass is 546 g/mol. The van der Waals surface area contributed by atoms with E-state index in [1.165, 1.54) is 72.7 Å². The number of allylic oxidation sites excluding steroid dienone is 1. The third-order valence-corrected chi connectivity index (χ3v) is 5.25. The number of nitrogens with one attached hydrogen (secondary N) is 2. The Morgan fingerprint density at radius 2 is 1.92 bits per heavy atom. The van der Waals surface area contributed by atoms with Gasteiger partial charge in [-0.15, -0.1) is 0 Å². The topological polar surface area (TPSA) is 107 Å². The molecule has 0 aliphatic rings. The molecule has 0 aliphatic carbocycles. The van der Waals surface area contributed by atoms with Gasteiger partial charge in [-0.25, -0.2) is 9.36 Å². The van der Waals surface area contributed by atoms with Crippen molar-refractivity contribution in [2.24, 2.45) is 0 Å². The molecule has 0 saturated carbocycles. The molecule has 0 aliphatic heterocycles. The highest BCUT2D eigenvalue weighted by atomic mass is 19.4. The summed E-state index contributed by atoms with van der Waals surface area (Å²) < 4.78 is 77.2. The lowest BCUT2D eigenvalue weighted by Crippen LogP contribution is -2.19. The van der Waals surface area contributed by atoms with E-state index in [1.54, 1.807) is 0 Å². The molecule has 0 amide bonds.